The van der Waals surface area contributed by atoms with Crippen LogP contribution in [0.4, 0.5) is 5.69 Å². The van der Waals surface area contributed by atoms with Crippen molar-refractivity contribution in [2.24, 2.45) is 0 Å². The molecule has 1 amide bonds. The summed E-state index contributed by atoms with van der Waals surface area (Å²) in [5.41, 5.74) is 6.07. The number of halogens is 1. The number of hydrogen-bond acceptors (Lipinski definition) is 4. The Balaban J connectivity index is 2.37. The molecule has 0 spiro atoms. The van der Waals surface area contributed by atoms with E-state index in [0.717, 1.165) is 0 Å². The van der Waals surface area contributed by atoms with Crippen molar-refractivity contribution in [3.05, 3.63) is 23.2 Å². The maximum absolute atomic E-state index is 11.3. The van der Waals surface area contributed by atoms with E-state index in [1.807, 2.05) is 0 Å². The van der Waals surface area contributed by atoms with Gasteiger partial charge in [-0.3, -0.25) is 4.79 Å². The Labute approximate surface area is 105 Å². The molecular formula is C11H15ClN2O3. The molecule has 0 aromatic heterocycles. The van der Waals surface area contributed by atoms with Gasteiger partial charge in [0.15, 0.2) is 6.61 Å². The summed E-state index contributed by atoms with van der Waals surface area (Å²) in [5, 5.41) is 3.16. The molecule has 3 N–H and O–H groups in total. The molecule has 0 unspecified atom stereocenters. The van der Waals surface area contributed by atoms with Gasteiger partial charge in [-0.2, -0.15) is 0 Å². The van der Waals surface area contributed by atoms with E-state index in [-0.39, 0.29) is 12.5 Å². The molecule has 0 aliphatic rings. The van der Waals surface area contributed by atoms with Crippen molar-refractivity contribution >= 4 is 23.2 Å². The Bertz CT molecular complexity index is 385. The first kappa shape index (κ1) is 13.6. The lowest BCUT2D eigenvalue weighted by molar-refractivity contribution is -0.123. The maximum Gasteiger partial charge on any atom is 0.258 e. The summed E-state index contributed by atoms with van der Waals surface area (Å²) in [7, 11) is 1.57. The zero-order valence-electron chi connectivity index (χ0n) is 9.53. The first-order valence-electron chi connectivity index (χ1n) is 5.07. The molecule has 0 aliphatic heterocycles. The Hall–Kier alpha value is -1.46. The Morgan fingerprint density at radius 2 is 2.29 bits per heavy atom. The first-order chi connectivity index (χ1) is 8.13. The molecule has 0 saturated heterocycles. The molecule has 0 aliphatic carbocycles. The number of methoxy groups -OCH3 is 1. The van der Waals surface area contributed by atoms with Crippen molar-refractivity contribution in [3.63, 3.8) is 0 Å². The first-order valence-corrected chi connectivity index (χ1v) is 5.44. The fraction of sp³-hybridized carbons (Fsp3) is 0.364. The molecule has 0 fully saturated rings. The number of nitrogen functional groups attached to an aromatic ring is 1. The summed E-state index contributed by atoms with van der Waals surface area (Å²) < 4.78 is 10.0. The molecule has 5 nitrogen and oxygen atoms in total. The van der Waals surface area contributed by atoms with E-state index in [1.54, 1.807) is 25.3 Å². The molecule has 94 valence electrons. The summed E-state index contributed by atoms with van der Waals surface area (Å²) in [4.78, 5) is 11.3. The minimum atomic E-state index is -0.226. The molecule has 0 bridgehead atoms. The molecule has 1 aromatic rings. The van der Waals surface area contributed by atoms with E-state index in [9.17, 15) is 4.79 Å². The minimum Gasteiger partial charge on any atom is -0.482 e. The number of hydrogen-bond donors (Lipinski definition) is 2. The van der Waals surface area contributed by atoms with Crippen LogP contribution in [-0.4, -0.2) is 32.8 Å². The Morgan fingerprint density at radius 3 is 2.94 bits per heavy atom. The highest BCUT2D eigenvalue weighted by Crippen LogP contribution is 2.24. The topological polar surface area (TPSA) is 73.6 Å². The monoisotopic (exact) mass is 258 g/mol. The van der Waals surface area contributed by atoms with Gasteiger partial charge in [0.2, 0.25) is 0 Å². The summed E-state index contributed by atoms with van der Waals surface area (Å²) >= 11 is 5.74. The van der Waals surface area contributed by atoms with Crippen LogP contribution in [0.1, 0.15) is 0 Å². The van der Waals surface area contributed by atoms with E-state index in [4.69, 9.17) is 26.8 Å². The molecule has 0 radical (unpaired) electrons. The number of amides is 1. The number of carbonyl (C=O) groups is 1. The SMILES string of the molecule is COCCNC(=O)COc1ccc(Cl)cc1N. The van der Waals surface area contributed by atoms with Gasteiger partial charge in [0.25, 0.3) is 5.91 Å². The van der Waals surface area contributed by atoms with Gasteiger partial charge in [-0.1, -0.05) is 11.6 Å². The van der Waals surface area contributed by atoms with Crippen LogP contribution in [-0.2, 0) is 9.53 Å². The van der Waals surface area contributed by atoms with Crippen molar-refractivity contribution in [2.75, 3.05) is 32.6 Å². The highest BCUT2D eigenvalue weighted by atomic mass is 35.5. The lowest BCUT2D eigenvalue weighted by atomic mass is 10.3. The van der Waals surface area contributed by atoms with Crippen LogP contribution in [0.25, 0.3) is 0 Å². The van der Waals surface area contributed by atoms with Crippen molar-refractivity contribution in [2.45, 2.75) is 0 Å². The zero-order chi connectivity index (χ0) is 12.7. The Kier molecular flexibility index (Phi) is 5.59. The average Bonchev–Trinajstić information content (AvgIpc) is 2.28. The van der Waals surface area contributed by atoms with Crippen LogP contribution in [0.2, 0.25) is 5.02 Å². The minimum absolute atomic E-state index is 0.0878. The van der Waals surface area contributed by atoms with E-state index in [1.165, 1.54) is 0 Å². The number of anilines is 1. The quantitative estimate of drug-likeness (QED) is 0.591. The molecule has 17 heavy (non-hydrogen) atoms. The molecular weight excluding hydrogens is 244 g/mol. The van der Waals surface area contributed by atoms with Crippen LogP contribution in [0.15, 0.2) is 18.2 Å². The highest BCUT2D eigenvalue weighted by molar-refractivity contribution is 6.30. The van der Waals surface area contributed by atoms with Crippen LogP contribution in [0.5, 0.6) is 5.75 Å². The van der Waals surface area contributed by atoms with Crippen LogP contribution in [0, 0.1) is 0 Å². The molecule has 1 aromatic carbocycles. The van der Waals surface area contributed by atoms with Gasteiger partial charge in [-0.05, 0) is 18.2 Å². The average molecular weight is 259 g/mol. The van der Waals surface area contributed by atoms with Gasteiger partial charge >= 0.3 is 0 Å². The van der Waals surface area contributed by atoms with E-state index in [0.29, 0.717) is 29.6 Å². The molecule has 0 saturated carbocycles. The van der Waals surface area contributed by atoms with Crippen LogP contribution < -0.4 is 15.8 Å². The molecule has 6 heteroatoms. The van der Waals surface area contributed by atoms with Gasteiger partial charge in [0.05, 0.1) is 12.3 Å². The van der Waals surface area contributed by atoms with Gasteiger partial charge in [0.1, 0.15) is 5.75 Å². The number of ether oxygens (including phenoxy) is 2. The van der Waals surface area contributed by atoms with E-state index in [2.05, 4.69) is 5.32 Å². The largest absolute Gasteiger partial charge is 0.482 e. The number of benzene rings is 1. The summed E-state index contributed by atoms with van der Waals surface area (Å²) in [5.74, 6) is 0.215. The molecule has 0 heterocycles. The summed E-state index contributed by atoms with van der Waals surface area (Å²) in [6.45, 7) is 0.833. The maximum atomic E-state index is 11.3. The summed E-state index contributed by atoms with van der Waals surface area (Å²) in [6, 6.07) is 4.84. The lowest BCUT2D eigenvalue weighted by Crippen LogP contribution is -2.31. The number of nitrogens with two attached hydrogens (primary N) is 1. The van der Waals surface area contributed by atoms with Crippen molar-refractivity contribution in [3.8, 4) is 5.75 Å². The van der Waals surface area contributed by atoms with E-state index >= 15 is 0 Å². The predicted molar refractivity (Wildman–Crippen MR) is 66.2 cm³/mol. The molecule has 1 rings (SSSR count). The van der Waals surface area contributed by atoms with Crippen molar-refractivity contribution in [1.82, 2.24) is 5.32 Å². The predicted octanol–water partition coefficient (Wildman–Crippen LogP) is 1.06. The third-order valence-corrected chi connectivity index (χ3v) is 2.19. The second-order valence-corrected chi connectivity index (χ2v) is 3.75. The van der Waals surface area contributed by atoms with Gasteiger partial charge in [0, 0.05) is 18.7 Å². The van der Waals surface area contributed by atoms with Gasteiger partial charge < -0.3 is 20.5 Å². The van der Waals surface area contributed by atoms with Crippen LogP contribution >= 0.6 is 11.6 Å². The van der Waals surface area contributed by atoms with Crippen molar-refractivity contribution in [1.29, 1.82) is 0 Å². The van der Waals surface area contributed by atoms with E-state index < -0.39 is 0 Å². The fourth-order valence-corrected chi connectivity index (χ4v) is 1.32. The zero-order valence-corrected chi connectivity index (χ0v) is 10.3. The van der Waals surface area contributed by atoms with Gasteiger partial charge in [-0.25, -0.2) is 0 Å². The number of nitrogens with one attached hydrogen (secondary N) is 1. The number of rotatable bonds is 6. The highest BCUT2D eigenvalue weighted by Gasteiger charge is 2.05. The second-order valence-electron chi connectivity index (χ2n) is 3.31. The fourth-order valence-electron chi connectivity index (χ4n) is 1.14. The van der Waals surface area contributed by atoms with Crippen LogP contribution in [0.3, 0.4) is 0 Å². The second kappa shape index (κ2) is 6.98. The number of carbonyl (C=O) groups excluding carboxylic acids is 1. The lowest BCUT2D eigenvalue weighted by Gasteiger charge is -2.09. The molecule has 0 atom stereocenters. The standard InChI is InChI=1S/C11H15ClN2O3/c1-16-5-4-14-11(15)7-17-10-3-2-8(12)6-9(10)13/h2-3,6H,4-5,7,13H2,1H3,(H,14,15). The third-order valence-electron chi connectivity index (χ3n) is 1.96. The van der Waals surface area contributed by atoms with Gasteiger partial charge in [-0.15, -0.1) is 0 Å². The summed E-state index contributed by atoms with van der Waals surface area (Å²) in [6.07, 6.45) is 0. The normalized spacial score (nSPS) is 10.0. The van der Waals surface area contributed by atoms with Crippen molar-refractivity contribution < 1.29 is 14.3 Å². The smallest absolute Gasteiger partial charge is 0.258 e. The Morgan fingerprint density at radius 1 is 1.53 bits per heavy atom. The third kappa shape index (κ3) is 4.93.